The number of fused-ring (bicyclic) bond motifs is 1. The Labute approximate surface area is 149 Å². The fourth-order valence-corrected chi connectivity index (χ4v) is 3.01. The molecule has 1 N–H and O–H groups in total. The van der Waals surface area contributed by atoms with E-state index < -0.39 is 5.97 Å². The molecule has 0 aliphatic heterocycles. The van der Waals surface area contributed by atoms with E-state index in [-0.39, 0.29) is 11.7 Å². The van der Waals surface area contributed by atoms with E-state index in [4.69, 9.17) is 4.74 Å². The van der Waals surface area contributed by atoms with Crippen LogP contribution in [-0.2, 0) is 9.53 Å². The molecule has 0 unspecified atom stereocenters. The van der Waals surface area contributed by atoms with Crippen molar-refractivity contribution in [2.75, 3.05) is 18.2 Å². The molecule has 0 saturated heterocycles. The third kappa shape index (κ3) is 4.16. The Morgan fingerprint density at radius 2 is 1.80 bits per heavy atom. The van der Waals surface area contributed by atoms with Crippen molar-refractivity contribution >= 4 is 40.2 Å². The maximum absolute atomic E-state index is 12.2. The Kier molecular flexibility index (Phi) is 5.30. The van der Waals surface area contributed by atoms with Crippen molar-refractivity contribution < 1.29 is 14.3 Å². The standard InChI is InChI=1S/C19H16N2O3S/c1-24-19(23)14-7-3-5-9-16(14)20-17(22)12-25-18-11-10-13-6-2-4-8-15(13)21-18/h2-11H,12H2,1H3,(H,20,22). The number of pyridine rings is 1. The molecule has 1 heterocycles. The van der Waals surface area contributed by atoms with Gasteiger partial charge in [0, 0.05) is 5.39 Å². The number of esters is 1. The topological polar surface area (TPSA) is 68.3 Å². The third-order valence-electron chi connectivity index (χ3n) is 3.53. The number of carbonyl (C=O) groups excluding carboxylic acids is 2. The monoisotopic (exact) mass is 352 g/mol. The molecule has 1 amide bonds. The van der Waals surface area contributed by atoms with Crippen LogP contribution in [0.4, 0.5) is 5.69 Å². The fourth-order valence-electron chi connectivity index (χ4n) is 2.33. The van der Waals surface area contributed by atoms with E-state index in [1.54, 1.807) is 24.3 Å². The average Bonchev–Trinajstić information content (AvgIpc) is 2.66. The minimum absolute atomic E-state index is 0.195. The SMILES string of the molecule is COC(=O)c1ccccc1NC(=O)CSc1ccc2ccccc2n1. The van der Waals surface area contributed by atoms with Crippen LogP contribution in [0.5, 0.6) is 0 Å². The summed E-state index contributed by atoms with van der Waals surface area (Å²) in [5.41, 5.74) is 1.66. The van der Waals surface area contributed by atoms with E-state index in [0.29, 0.717) is 11.3 Å². The lowest BCUT2D eigenvalue weighted by Gasteiger charge is -2.09. The van der Waals surface area contributed by atoms with Crippen molar-refractivity contribution in [3.8, 4) is 0 Å². The Morgan fingerprint density at radius 1 is 1.04 bits per heavy atom. The predicted octanol–water partition coefficient (Wildman–Crippen LogP) is 3.75. The van der Waals surface area contributed by atoms with Crippen LogP contribution in [0.25, 0.3) is 10.9 Å². The molecule has 0 radical (unpaired) electrons. The van der Waals surface area contributed by atoms with Crippen LogP contribution in [0.15, 0.2) is 65.7 Å². The van der Waals surface area contributed by atoms with Gasteiger partial charge >= 0.3 is 5.97 Å². The third-order valence-corrected chi connectivity index (χ3v) is 4.46. The first-order chi connectivity index (χ1) is 12.2. The molecule has 0 aliphatic carbocycles. The van der Waals surface area contributed by atoms with Crippen molar-refractivity contribution in [2.45, 2.75) is 5.03 Å². The average molecular weight is 352 g/mol. The summed E-state index contributed by atoms with van der Waals surface area (Å²) in [6, 6.07) is 18.4. The zero-order chi connectivity index (χ0) is 17.6. The normalized spacial score (nSPS) is 10.4. The van der Waals surface area contributed by atoms with Crippen molar-refractivity contribution in [3.63, 3.8) is 0 Å². The van der Waals surface area contributed by atoms with Crippen molar-refractivity contribution in [1.82, 2.24) is 4.98 Å². The van der Waals surface area contributed by atoms with Crippen LogP contribution in [0.2, 0.25) is 0 Å². The quantitative estimate of drug-likeness (QED) is 0.559. The van der Waals surface area contributed by atoms with Gasteiger partial charge in [-0.2, -0.15) is 0 Å². The number of rotatable bonds is 5. The van der Waals surface area contributed by atoms with Gasteiger partial charge in [-0.3, -0.25) is 4.79 Å². The molecule has 3 aromatic rings. The van der Waals surface area contributed by atoms with Crippen LogP contribution in [-0.4, -0.2) is 29.7 Å². The van der Waals surface area contributed by atoms with Gasteiger partial charge in [0.1, 0.15) is 0 Å². The van der Waals surface area contributed by atoms with E-state index in [9.17, 15) is 9.59 Å². The van der Waals surface area contributed by atoms with Gasteiger partial charge in [-0.15, -0.1) is 0 Å². The highest BCUT2D eigenvalue weighted by Gasteiger charge is 2.13. The van der Waals surface area contributed by atoms with Crippen LogP contribution in [0, 0.1) is 0 Å². The molecule has 0 saturated carbocycles. The number of ether oxygens (including phenoxy) is 1. The van der Waals surface area contributed by atoms with Crippen LogP contribution in [0.3, 0.4) is 0 Å². The fraction of sp³-hybridized carbons (Fsp3) is 0.105. The van der Waals surface area contributed by atoms with Gasteiger partial charge in [0.15, 0.2) is 0 Å². The molecule has 3 rings (SSSR count). The second kappa shape index (κ2) is 7.81. The summed E-state index contributed by atoms with van der Waals surface area (Å²) in [5, 5.41) is 4.58. The van der Waals surface area contributed by atoms with Crippen molar-refractivity contribution in [2.24, 2.45) is 0 Å². The number of thioether (sulfide) groups is 1. The maximum Gasteiger partial charge on any atom is 0.339 e. The number of para-hydroxylation sites is 2. The predicted molar refractivity (Wildman–Crippen MR) is 98.9 cm³/mol. The summed E-state index contributed by atoms with van der Waals surface area (Å²) < 4.78 is 4.72. The molecule has 0 spiro atoms. The highest BCUT2D eigenvalue weighted by Crippen LogP contribution is 2.21. The summed E-state index contributed by atoms with van der Waals surface area (Å²) in [6.07, 6.45) is 0. The van der Waals surface area contributed by atoms with E-state index in [0.717, 1.165) is 15.9 Å². The number of anilines is 1. The molecule has 5 nitrogen and oxygen atoms in total. The molecule has 126 valence electrons. The highest BCUT2D eigenvalue weighted by atomic mass is 32.2. The first-order valence-electron chi connectivity index (χ1n) is 7.63. The summed E-state index contributed by atoms with van der Waals surface area (Å²) in [7, 11) is 1.31. The maximum atomic E-state index is 12.2. The Hall–Kier alpha value is -2.86. The number of amides is 1. The zero-order valence-electron chi connectivity index (χ0n) is 13.6. The Morgan fingerprint density at radius 3 is 2.64 bits per heavy atom. The van der Waals surface area contributed by atoms with Gasteiger partial charge in [-0.25, -0.2) is 9.78 Å². The van der Waals surface area contributed by atoms with Gasteiger partial charge in [0.25, 0.3) is 0 Å². The van der Waals surface area contributed by atoms with E-state index in [2.05, 4.69) is 10.3 Å². The molecule has 2 aromatic carbocycles. The first kappa shape index (κ1) is 17.0. The van der Waals surface area contributed by atoms with E-state index in [1.165, 1.54) is 18.9 Å². The lowest BCUT2D eigenvalue weighted by molar-refractivity contribution is -0.113. The van der Waals surface area contributed by atoms with E-state index >= 15 is 0 Å². The molecule has 0 atom stereocenters. The minimum Gasteiger partial charge on any atom is -0.465 e. The van der Waals surface area contributed by atoms with Gasteiger partial charge in [-0.05, 0) is 24.3 Å². The zero-order valence-corrected chi connectivity index (χ0v) is 14.4. The number of aromatic nitrogens is 1. The van der Waals surface area contributed by atoms with Crippen molar-refractivity contribution in [1.29, 1.82) is 0 Å². The van der Waals surface area contributed by atoms with Crippen molar-refractivity contribution in [3.05, 3.63) is 66.2 Å². The lowest BCUT2D eigenvalue weighted by atomic mass is 10.2. The summed E-state index contributed by atoms with van der Waals surface area (Å²) in [5.74, 6) is -0.503. The second-order valence-electron chi connectivity index (χ2n) is 5.22. The summed E-state index contributed by atoms with van der Waals surface area (Å²) >= 11 is 1.34. The highest BCUT2D eigenvalue weighted by molar-refractivity contribution is 7.99. The lowest BCUT2D eigenvalue weighted by Crippen LogP contribution is -2.17. The summed E-state index contributed by atoms with van der Waals surface area (Å²) in [4.78, 5) is 28.5. The van der Waals surface area contributed by atoms with Crippen LogP contribution < -0.4 is 5.32 Å². The Bertz CT molecular complexity index is 927. The molecule has 1 aromatic heterocycles. The number of benzene rings is 2. The minimum atomic E-state index is -0.486. The Balaban J connectivity index is 1.66. The number of nitrogens with zero attached hydrogens (tertiary/aromatic N) is 1. The molecule has 6 heteroatoms. The van der Waals surface area contributed by atoms with Gasteiger partial charge < -0.3 is 10.1 Å². The van der Waals surface area contributed by atoms with Crippen LogP contribution >= 0.6 is 11.8 Å². The smallest absolute Gasteiger partial charge is 0.339 e. The molecule has 0 aliphatic rings. The van der Waals surface area contributed by atoms with Gasteiger partial charge in [0.05, 0.1) is 34.7 Å². The summed E-state index contributed by atoms with van der Waals surface area (Å²) in [6.45, 7) is 0. The molecule has 0 bridgehead atoms. The van der Waals surface area contributed by atoms with Gasteiger partial charge in [-0.1, -0.05) is 48.2 Å². The molecular formula is C19H16N2O3S. The number of nitrogens with one attached hydrogen (secondary N) is 1. The number of hydrogen-bond donors (Lipinski definition) is 1. The van der Waals surface area contributed by atoms with Crippen LogP contribution in [0.1, 0.15) is 10.4 Å². The number of methoxy groups -OCH3 is 1. The molecular weight excluding hydrogens is 336 g/mol. The van der Waals surface area contributed by atoms with E-state index in [1.807, 2.05) is 36.4 Å². The first-order valence-corrected chi connectivity index (χ1v) is 8.62. The molecule has 25 heavy (non-hydrogen) atoms. The van der Waals surface area contributed by atoms with Gasteiger partial charge in [0.2, 0.25) is 5.91 Å². The molecule has 0 fully saturated rings. The second-order valence-corrected chi connectivity index (χ2v) is 6.21. The number of carbonyl (C=O) groups is 2. The number of hydrogen-bond acceptors (Lipinski definition) is 5. The largest absolute Gasteiger partial charge is 0.465 e.